The second-order valence-electron chi connectivity index (χ2n) is 5.25. The van der Waals surface area contributed by atoms with Gasteiger partial charge in [0.05, 0.1) is 0 Å². The van der Waals surface area contributed by atoms with Crippen LogP contribution in [-0.2, 0) is 29.5 Å². The smallest absolute Gasteiger partial charge is 1.00 e. The fourth-order valence-electron chi connectivity index (χ4n) is 2.24. The molecule has 0 unspecified atom stereocenters. The van der Waals surface area contributed by atoms with Crippen LogP contribution in [0.25, 0.3) is 0 Å². The Morgan fingerprint density at radius 2 is 2.20 bits per heavy atom. The van der Waals surface area contributed by atoms with Crippen molar-refractivity contribution in [3.63, 3.8) is 0 Å². The quantitative estimate of drug-likeness (QED) is 0.0538. The minimum absolute atomic E-state index is 0. The number of hydrogen-bond donors (Lipinski definition) is 4. The van der Waals surface area contributed by atoms with E-state index in [1.807, 2.05) is 0 Å². The Kier molecular flexibility index (Phi) is 9.02. The van der Waals surface area contributed by atoms with Crippen LogP contribution in [-0.4, -0.2) is 71.2 Å². The first-order valence-corrected chi connectivity index (χ1v) is 9.72. The van der Waals surface area contributed by atoms with Crippen molar-refractivity contribution in [3.8, 4) is 12.3 Å². The molecule has 1 saturated heterocycles. The van der Waals surface area contributed by atoms with E-state index in [0.29, 0.717) is 0 Å². The Bertz CT molecular complexity index is 1010. The molecule has 158 valence electrons. The predicted molar refractivity (Wildman–Crippen MR) is 98.6 cm³/mol. The van der Waals surface area contributed by atoms with Gasteiger partial charge in [0.2, 0.25) is 0 Å². The number of nitrogen functional groups attached to an aromatic ring is 1. The summed E-state index contributed by atoms with van der Waals surface area (Å²) in [6.07, 6.45) is 3.78. The maximum absolute atomic E-state index is 12.6. The molecule has 1 aromatic rings. The number of aromatic nitrogens is 1. The Morgan fingerprint density at radius 1 is 1.53 bits per heavy atom. The van der Waals surface area contributed by atoms with Gasteiger partial charge in [-0.1, -0.05) is 11.1 Å². The molecule has 0 aromatic carbocycles. The van der Waals surface area contributed by atoms with E-state index in [9.17, 15) is 22.8 Å². The fourth-order valence-corrected chi connectivity index (χ4v) is 3.65. The molecule has 0 bridgehead atoms. The van der Waals surface area contributed by atoms with E-state index in [1.54, 1.807) is 0 Å². The maximum Gasteiger partial charge on any atom is 1.00 e. The Labute approximate surface area is 197 Å². The van der Waals surface area contributed by atoms with E-state index in [1.165, 1.54) is 5.38 Å². The summed E-state index contributed by atoms with van der Waals surface area (Å²) < 4.78 is 36.3. The van der Waals surface area contributed by atoms with Crippen molar-refractivity contribution in [2.45, 2.75) is 12.1 Å². The van der Waals surface area contributed by atoms with Gasteiger partial charge in [-0.3, -0.25) is 14.1 Å². The molecule has 1 aliphatic heterocycles. The zero-order valence-electron chi connectivity index (χ0n) is 16.3. The Balaban J connectivity index is 0.00000450. The first kappa shape index (κ1) is 25.6. The number of carbonyl (C=O) groups excluding carboxylic acids is 3. The fraction of sp³-hybridized carbons (Fsp3) is 0.308. The summed E-state index contributed by atoms with van der Waals surface area (Å²) in [4.78, 5) is 44.1. The Morgan fingerprint density at radius 3 is 2.70 bits per heavy atom. The van der Waals surface area contributed by atoms with Gasteiger partial charge in [0.25, 0.3) is 11.8 Å². The molecule has 14 nitrogen and oxygen atoms in total. The van der Waals surface area contributed by atoms with E-state index in [-0.39, 0.29) is 52.7 Å². The van der Waals surface area contributed by atoms with Crippen molar-refractivity contribution >= 4 is 50.4 Å². The number of nitrogens with one attached hydrogen (secondary N) is 1. The third-order valence-corrected chi connectivity index (χ3v) is 5.01. The number of rotatable bonds is 8. The molecule has 3 amide bonds. The van der Waals surface area contributed by atoms with Crippen LogP contribution in [0.1, 0.15) is 7.12 Å². The number of oxime groups is 1. The molecule has 30 heavy (non-hydrogen) atoms. The number of thiazole rings is 1. The standard InChI is InChI=1S/C13H14N6O8S2.Na.H/c1-2-3-27-18-8(6-5-28-12(14)16-6)10(20)17-9-7(4-26-13(15)22)19(11(9)21)29(23,24)25;;/h1,5,7,9H,3-4H2,(H2,14,16)(H2,15,22)(H,17,20)(H,23,24,25);;/q;+1;-1/t7-,9+;;/m1../s1. The summed E-state index contributed by atoms with van der Waals surface area (Å²) in [5.74, 6) is -0.0490. The van der Waals surface area contributed by atoms with Gasteiger partial charge in [0.1, 0.15) is 24.4 Å². The number of terminal acetylenes is 1. The number of β-lactam (4-membered cyclic amide) rings is 1. The van der Waals surface area contributed by atoms with Gasteiger partial charge in [-0.05, 0) is 0 Å². The monoisotopic (exact) mass is 470 g/mol. The number of amides is 3. The number of anilines is 1. The first-order chi connectivity index (χ1) is 13.6. The predicted octanol–water partition coefficient (Wildman–Crippen LogP) is -5.21. The topological polar surface area (TPSA) is 217 Å². The van der Waals surface area contributed by atoms with Crippen LogP contribution in [0.15, 0.2) is 10.5 Å². The van der Waals surface area contributed by atoms with E-state index >= 15 is 0 Å². The van der Waals surface area contributed by atoms with Gasteiger partial charge >= 0.3 is 46.0 Å². The third-order valence-electron chi connectivity index (χ3n) is 3.38. The minimum atomic E-state index is -4.97. The van der Waals surface area contributed by atoms with Crippen LogP contribution >= 0.6 is 11.3 Å². The largest absolute Gasteiger partial charge is 1.00 e. The molecule has 0 spiro atoms. The van der Waals surface area contributed by atoms with Crippen LogP contribution in [0, 0.1) is 12.3 Å². The van der Waals surface area contributed by atoms with Crippen molar-refractivity contribution in [2.24, 2.45) is 10.9 Å². The van der Waals surface area contributed by atoms with Gasteiger partial charge < -0.3 is 27.8 Å². The summed E-state index contributed by atoms with van der Waals surface area (Å²) in [5, 5.41) is 7.25. The van der Waals surface area contributed by atoms with Crippen molar-refractivity contribution in [1.82, 2.24) is 14.6 Å². The van der Waals surface area contributed by atoms with E-state index < -0.39 is 52.6 Å². The second kappa shape index (κ2) is 10.6. The number of nitrogens with two attached hydrogens (primary N) is 2. The van der Waals surface area contributed by atoms with Crippen LogP contribution in [0.2, 0.25) is 0 Å². The molecular weight excluding hydrogens is 455 g/mol. The van der Waals surface area contributed by atoms with Gasteiger partial charge in [-0.2, -0.15) is 8.42 Å². The zero-order chi connectivity index (χ0) is 21.8. The van der Waals surface area contributed by atoms with E-state index in [2.05, 4.69) is 26.1 Å². The average Bonchev–Trinajstić information content (AvgIpc) is 3.04. The maximum atomic E-state index is 12.6. The average molecular weight is 470 g/mol. The molecule has 2 atom stereocenters. The zero-order valence-corrected chi connectivity index (χ0v) is 19.0. The summed E-state index contributed by atoms with van der Waals surface area (Å²) in [7, 11) is -4.97. The van der Waals surface area contributed by atoms with Crippen LogP contribution in [0.4, 0.5) is 9.93 Å². The third kappa shape index (κ3) is 6.04. The van der Waals surface area contributed by atoms with Gasteiger partial charge in [0.15, 0.2) is 17.5 Å². The molecule has 17 heteroatoms. The summed E-state index contributed by atoms with van der Waals surface area (Å²) in [6.45, 7) is -0.986. The molecule has 2 rings (SSSR count). The molecule has 6 N–H and O–H groups in total. The Hall–Kier alpha value is -2.42. The first-order valence-electron chi connectivity index (χ1n) is 7.44. The van der Waals surface area contributed by atoms with Gasteiger partial charge in [-0.15, -0.1) is 17.8 Å². The van der Waals surface area contributed by atoms with Crippen molar-refractivity contribution < 1.29 is 67.9 Å². The van der Waals surface area contributed by atoms with Crippen LogP contribution in [0.5, 0.6) is 0 Å². The molecule has 0 aliphatic carbocycles. The van der Waals surface area contributed by atoms with Crippen LogP contribution < -0.4 is 46.3 Å². The summed E-state index contributed by atoms with van der Waals surface area (Å²) in [5.41, 5.74) is 9.94. The normalized spacial score (nSPS) is 18.5. The molecule has 0 saturated carbocycles. The minimum Gasteiger partial charge on any atom is -1.00 e. The van der Waals surface area contributed by atoms with E-state index in [4.69, 9.17) is 27.3 Å². The van der Waals surface area contributed by atoms with Crippen molar-refractivity contribution in [3.05, 3.63) is 11.1 Å². The number of primary amides is 1. The number of ether oxygens (including phenoxy) is 1. The number of hydrogen-bond acceptors (Lipinski definition) is 11. The molecule has 1 aromatic heterocycles. The van der Waals surface area contributed by atoms with Gasteiger partial charge in [-0.25, -0.2) is 14.1 Å². The molecule has 0 radical (unpaired) electrons. The van der Waals surface area contributed by atoms with E-state index in [0.717, 1.165) is 11.3 Å². The van der Waals surface area contributed by atoms with Crippen molar-refractivity contribution in [1.29, 1.82) is 0 Å². The molecule has 2 heterocycles. The van der Waals surface area contributed by atoms with Crippen LogP contribution in [0.3, 0.4) is 0 Å². The summed E-state index contributed by atoms with van der Waals surface area (Å²) >= 11 is 0.995. The molecule has 1 fully saturated rings. The number of nitrogens with zero attached hydrogens (tertiary/aromatic N) is 3. The SMILES string of the molecule is C#CCON=C(C(=O)N[C@@H]1C(=O)N(S(=O)(=O)O)[C@@H]1COC(N)=O)c1csc(N)n1.[H-].[Na+]. The van der Waals surface area contributed by atoms with Gasteiger partial charge in [0, 0.05) is 5.38 Å². The molecular formula is C13H15N6NaO8S2. The second-order valence-corrected chi connectivity index (χ2v) is 7.43. The molecule has 1 aliphatic rings. The number of carbonyl (C=O) groups is 3. The van der Waals surface area contributed by atoms with Crippen molar-refractivity contribution in [2.75, 3.05) is 18.9 Å². The summed E-state index contributed by atoms with van der Waals surface area (Å²) in [6, 6.07) is -2.93.